The van der Waals surface area contributed by atoms with Crippen LogP contribution in [-0.4, -0.2) is 33.8 Å². The number of hydrogen-bond acceptors (Lipinski definition) is 6. The molecule has 0 unspecified atom stereocenters. The fourth-order valence-electron chi connectivity index (χ4n) is 5.64. The third kappa shape index (κ3) is 10.1. The molecular weight excluding hydrogens is 743 g/mol. The number of halogens is 3. The smallest absolute Gasteiger partial charge is 0.173 e. The number of carbonyl (C=O) groups excluding carboxylic acids is 3. The van der Waals surface area contributed by atoms with Gasteiger partial charge in [0, 0.05) is 86.5 Å². The van der Waals surface area contributed by atoms with Crippen molar-refractivity contribution in [3.63, 3.8) is 0 Å². The summed E-state index contributed by atoms with van der Waals surface area (Å²) in [5.41, 5.74) is 7.75. The molecule has 0 atom stereocenters. The molecule has 0 saturated carbocycles. The van der Waals surface area contributed by atoms with Gasteiger partial charge in [0.2, 0.25) is 0 Å². The van der Waals surface area contributed by atoms with E-state index in [0.29, 0.717) is 53.8 Å². The van der Waals surface area contributed by atoms with Crippen LogP contribution in [-0.2, 0) is 19.6 Å². The van der Waals surface area contributed by atoms with E-state index in [4.69, 9.17) is 15.0 Å². The van der Waals surface area contributed by atoms with Crippen LogP contribution in [0.2, 0.25) is 0 Å². The lowest BCUT2D eigenvalue weighted by molar-refractivity contribution is -0.688. The summed E-state index contributed by atoms with van der Waals surface area (Å²) in [6.07, 6.45) is 14.5. The highest BCUT2D eigenvalue weighted by atomic mass is 35.5. The van der Waals surface area contributed by atoms with Gasteiger partial charge < -0.3 is 37.2 Å². The SMILES string of the molecule is O=Cc1ccc(C[n+]2ccc(-c3nc(-c4cc[n+](Cc5ccc(C=O)cc5)cc4)nc(-c4cc[n+](Cc5ccc(C=O)cc5)cc4)n3)cc2)cc1.[Cl-].[Cl-].[Cl-]. The van der Waals surface area contributed by atoms with Crippen molar-refractivity contribution in [2.45, 2.75) is 19.6 Å². The van der Waals surface area contributed by atoms with Crippen molar-refractivity contribution in [3.05, 3.63) is 180 Å². The van der Waals surface area contributed by atoms with Crippen molar-refractivity contribution in [2.75, 3.05) is 0 Å². The Morgan fingerprint density at radius 1 is 0.352 bits per heavy atom. The second kappa shape index (κ2) is 19.2. The highest BCUT2D eigenvalue weighted by Crippen LogP contribution is 2.23. The van der Waals surface area contributed by atoms with Crippen LogP contribution < -0.4 is 50.9 Å². The molecule has 0 fully saturated rings. The first-order chi connectivity index (χ1) is 25.0. The highest BCUT2D eigenvalue weighted by Gasteiger charge is 2.16. The molecule has 7 rings (SSSR count). The van der Waals surface area contributed by atoms with Crippen LogP contribution in [0.4, 0.5) is 0 Å². The summed E-state index contributed by atoms with van der Waals surface area (Å²) >= 11 is 0. The van der Waals surface area contributed by atoms with Crippen LogP contribution in [0.25, 0.3) is 34.2 Å². The van der Waals surface area contributed by atoms with Crippen molar-refractivity contribution < 1.29 is 65.3 Å². The van der Waals surface area contributed by atoms with E-state index >= 15 is 0 Å². The first kappa shape index (κ1) is 40.8. The average molecular weight is 776 g/mol. The van der Waals surface area contributed by atoms with E-state index in [1.807, 2.05) is 146 Å². The van der Waals surface area contributed by atoms with Gasteiger partial charge in [0.1, 0.15) is 18.9 Å². The molecular formula is C42H33Cl3N6O3. The average Bonchev–Trinajstić information content (AvgIpc) is 3.19. The number of rotatable bonds is 12. The van der Waals surface area contributed by atoms with E-state index in [9.17, 15) is 14.4 Å². The first-order valence-corrected chi connectivity index (χ1v) is 16.4. The van der Waals surface area contributed by atoms with Crippen LogP contribution in [0.5, 0.6) is 0 Å². The molecule has 9 nitrogen and oxygen atoms in total. The minimum absolute atomic E-state index is 0. The van der Waals surface area contributed by atoms with Gasteiger partial charge in [0.15, 0.2) is 74.3 Å². The Morgan fingerprint density at radius 3 is 0.778 bits per heavy atom. The second-order valence-corrected chi connectivity index (χ2v) is 12.2. The molecule has 270 valence electrons. The Bertz CT molecular complexity index is 2030. The second-order valence-electron chi connectivity index (χ2n) is 12.2. The molecule has 54 heavy (non-hydrogen) atoms. The molecule has 0 aliphatic rings. The Balaban J connectivity index is 0.00000217. The summed E-state index contributed by atoms with van der Waals surface area (Å²) in [6, 6.07) is 34.6. The summed E-state index contributed by atoms with van der Waals surface area (Å²) in [6.45, 7) is 1.97. The third-order valence-electron chi connectivity index (χ3n) is 8.53. The Hall–Kier alpha value is -6.00. The van der Waals surface area contributed by atoms with Crippen molar-refractivity contribution in [1.29, 1.82) is 0 Å². The minimum atomic E-state index is 0. The topological polar surface area (TPSA) is 102 Å². The predicted molar refractivity (Wildman–Crippen MR) is 190 cm³/mol. The predicted octanol–water partition coefficient (Wildman–Crippen LogP) is -3.67. The highest BCUT2D eigenvalue weighted by molar-refractivity contribution is 5.75. The van der Waals surface area contributed by atoms with E-state index in [1.54, 1.807) is 0 Å². The van der Waals surface area contributed by atoms with Gasteiger partial charge in [0.25, 0.3) is 0 Å². The monoisotopic (exact) mass is 774 g/mol. The fourth-order valence-corrected chi connectivity index (χ4v) is 5.64. The number of aromatic nitrogens is 6. The molecule has 4 aromatic heterocycles. The number of hydrogen-bond donors (Lipinski definition) is 0. The lowest BCUT2D eigenvalue weighted by atomic mass is 10.1. The van der Waals surface area contributed by atoms with Crippen LogP contribution in [0.1, 0.15) is 47.8 Å². The van der Waals surface area contributed by atoms with Gasteiger partial charge in [-0.2, -0.15) is 0 Å². The lowest BCUT2D eigenvalue weighted by Crippen LogP contribution is -3.00. The van der Waals surface area contributed by atoms with Crippen molar-refractivity contribution in [2.24, 2.45) is 0 Å². The molecule has 0 amide bonds. The van der Waals surface area contributed by atoms with E-state index < -0.39 is 0 Å². The third-order valence-corrected chi connectivity index (χ3v) is 8.53. The molecule has 0 bridgehead atoms. The molecule has 0 spiro atoms. The Morgan fingerprint density at radius 2 is 0.574 bits per heavy atom. The Kier molecular flexibility index (Phi) is 14.5. The molecule has 0 N–H and O–H groups in total. The van der Waals surface area contributed by atoms with Crippen molar-refractivity contribution >= 4 is 18.9 Å². The van der Waals surface area contributed by atoms with E-state index in [1.165, 1.54) is 0 Å². The van der Waals surface area contributed by atoms with E-state index in [0.717, 1.165) is 52.2 Å². The molecule has 0 aliphatic heterocycles. The minimum Gasteiger partial charge on any atom is -1.00 e. The maximum Gasteiger partial charge on any atom is 0.173 e. The summed E-state index contributed by atoms with van der Waals surface area (Å²) < 4.78 is 6.19. The zero-order valence-corrected chi connectivity index (χ0v) is 31.0. The maximum absolute atomic E-state index is 11.0. The standard InChI is InChI=1S/C42H33N6O3.3ClH/c49-28-34-7-1-31(2-8-34)25-46-19-13-37(14-20-46)40-43-41(38-15-21-47(22-16-38)26-32-3-9-35(29-50)10-4-32)45-42(44-40)39-17-23-48(24-18-39)27-33-5-11-36(30-51)12-6-33;;;/h1-24,28-30H,25-27H2;3*1H/q+3;;;/p-3. The van der Waals surface area contributed by atoms with Crippen molar-refractivity contribution in [3.8, 4) is 34.2 Å². The van der Waals surface area contributed by atoms with Gasteiger partial charge in [-0.3, -0.25) is 14.4 Å². The van der Waals surface area contributed by atoms with Gasteiger partial charge in [-0.25, -0.2) is 28.7 Å². The number of carbonyl (C=O) groups is 3. The summed E-state index contributed by atoms with van der Waals surface area (Å²) in [7, 11) is 0. The fraction of sp³-hybridized carbons (Fsp3) is 0.0714. The normalized spacial score (nSPS) is 10.2. The zero-order chi connectivity index (χ0) is 35.0. The molecule has 7 aromatic rings. The maximum atomic E-state index is 11.0. The van der Waals surface area contributed by atoms with E-state index in [-0.39, 0.29) is 37.2 Å². The number of benzene rings is 3. The molecule has 4 heterocycles. The van der Waals surface area contributed by atoms with Gasteiger partial charge in [0.05, 0.1) is 0 Å². The van der Waals surface area contributed by atoms with Crippen LogP contribution in [0.15, 0.2) is 146 Å². The molecule has 3 aromatic carbocycles. The van der Waals surface area contributed by atoms with Crippen molar-refractivity contribution in [1.82, 2.24) is 15.0 Å². The molecule has 0 saturated heterocycles. The number of nitrogens with zero attached hydrogens (tertiary/aromatic N) is 6. The van der Waals surface area contributed by atoms with Crippen LogP contribution in [0, 0.1) is 0 Å². The van der Waals surface area contributed by atoms with Gasteiger partial charge in [-0.1, -0.05) is 72.8 Å². The zero-order valence-electron chi connectivity index (χ0n) is 28.8. The van der Waals surface area contributed by atoms with Gasteiger partial charge in [-0.15, -0.1) is 0 Å². The number of aldehydes is 3. The largest absolute Gasteiger partial charge is 1.00 e. The number of pyridine rings is 3. The first-order valence-electron chi connectivity index (χ1n) is 16.4. The summed E-state index contributed by atoms with van der Waals surface area (Å²) in [5.74, 6) is 1.66. The van der Waals surface area contributed by atoms with Crippen LogP contribution >= 0.6 is 0 Å². The molecule has 0 aliphatic carbocycles. The van der Waals surface area contributed by atoms with Crippen LogP contribution in [0.3, 0.4) is 0 Å². The summed E-state index contributed by atoms with van der Waals surface area (Å²) in [5, 5.41) is 0. The van der Waals surface area contributed by atoms with Gasteiger partial charge in [-0.05, 0) is 0 Å². The van der Waals surface area contributed by atoms with Gasteiger partial charge >= 0.3 is 0 Å². The quantitative estimate of drug-likeness (QED) is 0.0938. The van der Waals surface area contributed by atoms with E-state index in [2.05, 4.69) is 13.7 Å². The molecule has 12 heteroatoms. The lowest BCUT2D eigenvalue weighted by Gasteiger charge is -2.08. The molecule has 0 radical (unpaired) electrons. The summed E-state index contributed by atoms with van der Waals surface area (Å²) in [4.78, 5) is 47.9. The Labute approximate surface area is 331 Å².